The fraction of sp³-hybridized carbons (Fsp3) is 0.231. The summed E-state index contributed by atoms with van der Waals surface area (Å²) in [6, 6.07) is 14.4. The van der Waals surface area contributed by atoms with Crippen LogP contribution in [0.25, 0.3) is 0 Å². The van der Waals surface area contributed by atoms with Crippen LogP contribution in [-0.4, -0.2) is 46.5 Å². The van der Waals surface area contributed by atoms with Crippen LogP contribution in [0.15, 0.2) is 53.9 Å². The van der Waals surface area contributed by atoms with E-state index in [2.05, 4.69) is 16.3 Å². The smallest absolute Gasteiger partial charge is 0.336 e. The van der Waals surface area contributed by atoms with Crippen LogP contribution < -0.4 is 10.2 Å². The Morgan fingerprint density at radius 1 is 1.19 bits per heavy atom. The number of aromatic carboxylic acids is 1. The van der Waals surface area contributed by atoms with Gasteiger partial charge in [0.1, 0.15) is 5.54 Å². The van der Waals surface area contributed by atoms with Gasteiger partial charge in [-0.25, -0.2) is 14.5 Å². The van der Waals surface area contributed by atoms with Crippen molar-refractivity contribution in [3.8, 4) is 6.07 Å². The molecule has 8 nitrogen and oxygen atoms in total. The Kier molecular flexibility index (Phi) is 6.46. The van der Waals surface area contributed by atoms with Gasteiger partial charge in [0.15, 0.2) is 0 Å². The van der Waals surface area contributed by atoms with E-state index in [0.717, 1.165) is 15.3 Å². The molecule has 0 radical (unpaired) electrons. The molecule has 1 unspecified atom stereocenters. The van der Waals surface area contributed by atoms with E-state index in [1.807, 2.05) is 6.92 Å². The monoisotopic (exact) mass is 554 g/mol. The molecule has 2 saturated heterocycles. The summed E-state index contributed by atoms with van der Waals surface area (Å²) in [6.07, 6.45) is 0. The molecule has 0 aliphatic carbocycles. The second-order valence-electron chi connectivity index (χ2n) is 9.10. The lowest BCUT2D eigenvalue weighted by atomic mass is 9.81. The molecule has 3 heterocycles. The Hall–Kier alpha value is -3.42. The SMILES string of the molecule is CC(c1cc(C(=O)O)cs1)N1C[C@H](c2ccc(C#N)cc2)[C@]2(C1)NC(=O)N(c1cc(Cl)cc(Cl)c1)C2=O. The predicted molar refractivity (Wildman–Crippen MR) is 140 cm³/mol. The van der Waals surface area contributed by atoms with Crippen LogP contribution in [-0.2, 0) is 4.79 Å². The van der Waals surface area contributed by atoms with Crippen molar-refractivity contribution in [2.45, 2.75) is 24.4 Å². The summed E-state index contributed by atoms with van der Waals surface area (Å²) in [5.41, 5.74) is 0.467. The van der Waals surface area contributed by atoms with Gasteiger partial charge in [-0.15, -0.1) is 11.3 Å². The highest BCUT2D eigenvalue weighted by Gasteiger charge is 2.61. The van der Waals surface area contributed by atoms with E-state index in [-0.39, 0.29) is 23.8 Å². The van der Waals surface area contributed by atoms with Gasteiger partial charge in [-0.1, -0.05) is 35.3 Å². The van der Waals surface area contributed by atoms with E-state index >= 15 is 0 Å². The molecule has 1 aromatic heterocycles. The number of halogens is 2. The third-order valence-corrected chi connectivity index (χ3v) is 8.50. The number of carboxylic acid groups (broad SMARTS) is 1. The van der Waals surface area contributed by atoms with E-state index < -0.39 is 29.4 Å². The van der Waals surface area contributed by atoms with Crippen molar-refractivity contribution in [2.75, 3.05) is 18.0 Å². The maximum absolute atomic E-state index is 14.1. The first-order valence-corrected chi connectivity index (χ1v) is 12.9. The van der Waals surface area contributed by atoms with Gasteiger partial charge in [-0.3, -0.25) is 9.69 Å². The number of rotatable bonds is 5. The number of carbonyl (C=O) groups is 3. The molecule has 3 amide bonds. The van der Waals surface area contributed by atoms with E-state index in [1.54, 1.807) is 35.7 Å². The zero-order valence-electron chi connectivity index (χ0n) is 19.4. The Morgan fingerprint density at radius 3 is 2.46 bits per heavy atom. The number of likely N-dealkylation sites (tertiary alicyclic amines) is 1. The van der Waals surface area contributed by atoms with Gasteiger partial charge in [0, 0.05) is 45.4 Å². The molecule has 3 aromatic rings. The lowest BCUT2D eigenvalue weighted by Gasteiger charge is -2.28. The van der Waals surface area contributed by atoms with Crippen LogP contribution in [0.4, 0.5) is 10.5 Å². The fourth-order valence-corrected chi connectivity index (χ4v) is 6.55. The molecule has 0 saturated carbocycles. The molecule has 1 spiro atoms. The number of amides is 3. The van der Waals surface area contributed by atoms with Crippen molar-refractivity contribution in [1.82, 2.24) is 10.2 Å². The van der Waals surface area contributed by atoms with Crippen molar-refractivity contribution in [2.24, 2.45) is 0 Å². The standard InChI is InChI=1S/C26H20Cl2N4O4S/c1-14(22-6-17(12-37-22)23(33)34)31-11-21(16-4-2-15(10-29)3-5-16)26(13-31)24(35)32(25(36)30-26)20-8-18(27)7-19(28)9-20/h2-9,12,14,21H,11,13H2,1H3,(H,30,36)(H,33,34)/t14?,21-,26+/m1/s1. The lowest BCUT2D eigenvalue weighted by molar-refractivity contribution is -0.122. The average molecular weight is 555 g/mol. The van der Waals surface area contributed by atoms with E-state index in [9.17, 15) is 24.8 Å². The highest BCUT2D eigenvalue weighted by molar-refractivity contribution is 7.10. The first kappa shape index (κ1) is 25.2. The highest BCUT2D eigenvalue weighted by Crippen LogP contribution is 2.45. The zero-order chi connectivity index (χ0) is 26.5. The molecule has 0 bridgehead atoms. The number of carboxylic acids is 1. The minimum absolute atomic E-state index is 0.203. The minimum atomic E-state index is -1.29. The summed E-state index contributed by atoms with van der Waals surface area (Å²) in [7, 11) is 0. The summed E-state index contributed by atoms with van der Waals surface area (Å²) in [4.78, 5) is 42.7. The van der Waals surface area contributed by atoms with Gasteiger partial charge in [0.2, 0.25) is 0 Å². The summed E-state index contributed by atoms with van der Waals surface area (Å²) in [5.74, 6) is -1.87. The normalized spacial score (nSPS) is 22.3. The topological polar surface area (TPSA) is 114 Å². The summed E-state index contributed by atoms with van der Waals surface area (Å²) < 4.78 is 0. The number of thiophene rings is 1. The van der Waals surface area contributed by atoms with Crippen molar-refractivity contribution in [3.63, 3.8) is 0 Å². The number of carbonyl (C=O) groups excluding carboxylic acids is 2. The zero-order valence-corrected chi connectivity index (χ0v) is 21.8. The molecule has 2 N–H and O–H groups in total. The van der Waals surface area contributed by atoms with Crippen LogP contribution in [0, 0.1) is 11.3 Å². The third kappa shape index (κ3) is 4.36. The van der Waals surface area contributed by atoms with E-state index in [0.29, 0.717) is 22.2 Å². The number of urea groups is 1. The predicted octanol–water partition coefficient (Wildman–Crippen LogP) is 5.28. The number of nitriles is 1. The van der Waals surface area contributed by atoms with Gasteiger partial charge in [0.05, 0.1) is 22.9 Å². The number of imide groups is 1. The number of benzene rings is 2. The van der Waals surface area contributed by atoms with Gasteiger partial charge in [-0.2, -0.15) is 5.26 Å². The average Bonchev–Trinajstić information content (AvgIpc) is 3.55. The van der Waals surface area contributed by atoms with Crippen molar-refractivity contribution in [3.05, 3.63) is 85.5 Å². The third-order valence-electron chi connectivity index (χ3n) is 6.96. The first-order chi connectivity index (χ1) is 17.6. The van der Waals surface area contributed by atoms with Gasteiger partial charge in [0.25, 0.3) is 5.91 Å². The Balaban J connectivity index is 1.55. The Labute approximate surface area is 226 Å². The first-order valence-electron chi connectivity index (χ1n) is 11.3. The molecular weight excluding hydrogens is 535 g/mol. The number of anilines is 1. The van der Waals surface area contributed by atoms with E-state index in [1.165, 1.54) is 29.5 Å². The van der Waals surface area contributed by atoms with Crippen molar-refractivity contribution >= 4 is 58.1 Å². The highest BCUT2D eigenvalue weighted by atomic mass is 35.5. The molecule has 37 heavy (non-hydrogen) atoms. The number of hydrogen-bond acceptors (Lipinski definition) is 6. The lowest BCUT2D eigenvalue weighted by Crippen LogP contribution is -2.53. The van der Waals surface area contributed by atoms with Crippen LogP contribution in [0.2, 0.25) is 10.0 Å². The maximum Gasteiger partial charge on any atom is 0.336 e. The molecular formula is C26H20Cl2N4O4S. The summed E-state index contributed by atoms with van der Waals surface area (Å²) in [5, 5.41) is 23.7. The van der Waals surface area contributed by atoms with Gasteiger partial charge >= 0.3 is 12.0 Å². The quantitative estimate of drug-likeness (QED) is 0.414. The summed E-state index contributed by atoms with van der Waals surface area (Å²) in [6.45, 7) is 2.57. The molecule has 5 rings (SSSR count). The minimum Gasteiger partial charge on any atom is -0.478 e. The van der Waals surface area contributed by atoms with Gasteiger partial charge in [-0.05, 0) is 48.9 Å². The maximum atomic E-state index is 14.1. The number of hydrogen-bond donors (Lipinski definition) is 2. The number of nitrogens with one attached hydrogen (secondary N) is 1. The molecule has 2 fully saturated rings. The van der Waals surface area contributed by atoms with Crippen LogP contribution >= 0.6 is 34.5 Å². The largest absolute Gasteiger partial charge is 0.478 e. The van der Waals surface area contributed by atoms with Crippen LogP contribution in [0.3, 0.4) is 0 Å². The molecule has 2 aromatic carbocycles. The fourth-order valence-electron chi connectivity index (χ4n) is 5.06. The second-order valence-corrected chi connectivity index (χ2v) is 10.9. The van der Waals surface area contributed by atoms with Crippen molar-refractivity contribution in [1.29, 1.82) is 5.26 Å². The van der Waals surface area contributed by atoms with Crippen LogP contribution in [0.5, 0.6) is 0 Å². The summed E-state index contributed by atoms with van der Waals surface area (Å²) >= 11 is 13.6. The molecule has 3 atom stereocenters. The molecule has 11 heteroatoms. The molecule has 2 aliphatic rings. The van der Waals surface area contributed by atoms with E-state index in [4.69, 9.17) is 23.2 Å². The molecule has 188 valence electrons. The number of nitrogens with zero attached hydrogens (tertiary/aromatic N) is 3. The van der Waals surface area contributed by atoms with Gasteiger partial charge < -0.3 is 10.4 Å². The van der Waals surface area contributed by atoms with Crippen LogP contribution in [0.1, 0.15) is 45.2 Å². The second kappa shape index (κ2) is 9.47. The Bertz CT molecular complexity index is 1450. The van der Waals surface area contributed by atoms with Crippen molar-refractivity contribution < 1.29 is 19.5 Å². The molecule has 2 aliphatic heterocycles. The Morgan fingerprint density at radius 2 is 1.86 bits per heavy atom.